The van der Waals surface area contributed by atoms with Crippen molar-refractivity contribution >= 4 is 32.6 Å². The van der Waals surface area contributed by atoms with E-state index in [4.69, 9.17) is 15.2 Å². The third kappa shape index (κ3) is 6.04. The summed E-state index contributed by atoms with van der Waals surface area (Å²) in [5, 5.41) is 59.1. The first-order valence-corrected chi connectivity index (χ1v) is 13.7. The smallest absolute Gasteiger partial charge is 0.387 e. The molecule has 2 saturated heterocycles. The number of ether oxygens (including phenoxy) is 2. The van der Waals surface area contributed by atoms with Crippen LogP contribution in [0.1, 0.15) is 6.23 Å². The van der Waals surface area contributed by atoms with Crippen LogP contribution in [0, 0.1) is 0 Å². The molecule has 3 unspecified atom stereocenters. The molecule has 20 nitrogen and oxygen atoms in total. The molecule has 0 radical (unpaired) electrons. The number of phosphoric ester groups is 2. The number of nitrogens with zero attached hydrogens (tertiary/aromatic N) is 4. The Morgan fingerprint density at radius 1 is 0.842 bits per heavy atom. The lowest BCUT2D eigenvalue weighted by atomic mass is 10.00. The minimum absolute atomic E-state index is 0.0465. The Morgan fingerprint density at radius 2 is 1.42 bits per heavy atom. The summed E-state index contributed by atoms with van der Waals surface area (Å²) in [6.45, 7) is -1.94. The second-order valence-electron chi connectivity index (χ2n) is 8.28. The first kappa shape index (κ1) is 29.3. The number of aliphatic hydroxyl groups is 6. The minimum atomic E-state index is -5.38. The molecule has 0 amide bonds. The number of imidazole rings is 1. The summed E-state index contributed by atoms with van der Waals surface area (Å²) < 4.78 is 49.0. The molecule has 0 aromatic carbocycles. The first-order chi connectivity index (χ1) is 17.7. The summed E-state index contributed by atoms with van der Waals surface area (Å²) in [5.74, 6) is 0.0465. The summed E-state index contributed by atoms with van der Waals surface area (Å²) in [7, 11) is -10.7. The highest BCUT2D eigenvalue weighted by Crippen LogP contribution is 2.60. The zero-order valence-electron chi connectivity index (χ0n) is 19.0. The molecular weight excluding hydrogens is 564 g/mol. The topological polar surface area (TPSA) is 312 Å². The summed E-state index contributed by atoms with van der Waals surface area (Å²) in [4.78, 5) is 31.4. The van der Waals surface area contributed by atoms with E-state index in [1.165, 1.54) is 10.9 Å². The summed E-state index contributed by atoms with van der Waals surface area (Å²) in [6.07, 6.45) is -12.8. The van der Waals surface area contributed by atoms with E-state index < -0.39 is 84.1 Å². The number of aromatic nitrogens is 4. The summed E-state index contributed by atoms with van der Waals surface area (Å²) >= 11 is 0. The van der Waals surface area contributed by atoms with Gasteiger partial charge in [-0.25, -0.2) is 24.1 Å². The molecule has 0 bridgehead atoms. The van der Waals surface area contributed by atoms with Crippen molar-refractivity contribution in [2.45, 2.75) is 55.2 Å². The average Bonchev–Trinajstić information content (AvgIpc) is 3.39. The number of fused-ring (bicyclic) bond motifs is 1. The van der Waals surface area contributed by atoms with Crippen LogP contribution < -0.4 is 5.73 Å². The Bertz CT molecular complexity index is 1240. The highest BCUT2D eigenvalue weighted by Gasteiger charge is 2.47. The third-order valence-corrected chi connectivity index (χ3v) is 8.30. The second kappa shape index (κ2) is 11.0. The van der Waals surface area contributed by atoms with Gasteiger partial charge in [-0.3, -0.25) is 13.6 Å². The lowest BCUT2D eigenvalue weighted by Gasteiger charge is -2.38. The van der Waals surface area contributed by atoms with Gasteiger partial charge in [-0.2, -0.15) is 4.31 Å². The lowest BCUT2D eigenvalue weighted by molar-refractivity contribution is -0.285. The van der Waals surface area contributed by atoms with Crippen LogP contribution >= 0.6 is 15.6 Å². The predicted molar refractivity (Wildman–Crippen MR) is 117 cm³/mol. The maximum absolute atomic E-state index is 12.2. The van der Waals surface area contributed by atoms with Gasteiger partial charge >= 0.3 is 15.6 Å². The van der Waals surface area contributed by atoms with Crippen LogP contribution in [0.15, 0.2) is 12.7 Å². The normalized spacial score (nSPS) is 37.2. The van der Waals surface area contributed by atoms with Gasteiger partial charge in [0.25, 0.3) is 0 Å². The fourth-order valence-electron chi connectivity index (χ4n) is 3.73. The van der Waals surface area contributed by atoms with E-state index in [1.807, 2.05) is 0 Å². The minimum Gasteiger partial charge on any atom is -0.387 e. The maximum Gasteiger partial charge on any atom is 0.481 e. The molecule has 0 saturated carbocycles. The Morgan fingerprint density at radius 3 is 2.05 bits per heavy atom. The molecule has 22 heteroatoms. The zero-order chi connectivity index (χ0) is 28.0. The number of rotatable bonds is 9. The Balaban J connectivity index is 1.33. The summed E-state index contributed by atoms with van der Waals surface area (Å²) in [5.41, 5.74) is 6.06. The number of aliphatic hydroxyl groups excluding tert-OH is 6. The van der Waals surface area contributed by atoms with Crippen molar-refractivity contribution in [1.82, 2.24) is 19.5 Å². The molecule has 0 aliphatic carbocycles. The molecule has 4 rings (SSSR count). The van der Waals surface area contributed by atoms with E-state index in [0.717, 1.165) is 6.33 Å². The van der Waals surface area contributed by atoms with Crippen LogP contribution in [0.5, 0.6) is 0 Å². The van der Waals surface area contributed by atoms with Gasteiger partial charge in [-0.15, -0.1) is 0 Å². The number of phosphoric acid groups is 2. The van der Waals surface area contributed by atoms with Crippen molar-refractivity contribution in [3.05, 3.63) is 12.7 Å². The highest BCUT2D eigenvalue weighted by atomic mass is 31.3. The van der Waals surface area contributed by atoms with Crippen molar-refractivity contribution in [3.63, 3.8) is 0 Å². The molecular formula is C16H25N5O15P2. The first-order valence-electron chi connectivity index (χ1n) is 10.7. The van der Waals surface area contributed by atoms with Crippen LogP contribution in [0.4, 0.5) is 5.82 Å². The van der Waals surface area contributed by atoms with E-state index in [2.05, 4.69) is 28.3 Å². The van der Waals surface area contributed by atoms with Gasteiger partial charge in [-0.1, -0.05) is 0 Å². The molecule has 38 heavy (non-hydrogen) atoms. The number of anilines is 1. The summed E-state index contributed by atoms with van der Waals surface area (Å²) in [6, 6.07) is 0. The van der Waals surface area contributed by atoms with Crippen LogP contribution in [0.3, 0.4) is 0 Å². The van der Waals surface area contributed by atoms with Crippen molar-refractivity contribution in [2.75, 3.05) is 18.9 Å². The van der Waals surface area contributed by atoms with Gasteiger partial charge in [0.2, 0.25) is 0 Å². The molecule has 0 spiro atoms. The number of nitrogen functional groups attached to an aromatic ring is 1. The second-order valence-corrected chi connectivity index (χ2v) is 11.3. The van der Waals surface area contributed by atoms with Crippen molar-refractivity contribution < 1.29 is 72.4 Å². The predicted octanol–water partition coefficient (Wildman–Crippen LogP) is -3.92. The third-order valence-electron chi connectivity index (χ3n) is 5.70. The van der Waals surface area contributed by atoms with Crippen molar-refractivity contribution in [3.8, 4) is 0 Å². The van der Waals surface area contributed by atoms with Gasteiger partial charge in [0, 0.05) is 0 Å². The monoisotopic (exact) mass is 589 g/mol. The molecule has 11 atom stereocenters. The van der Waals surface area contributed by atoms with Gasteiger partial charge in [0.1, 0.15) is 54.6 Å². The van der Waals surface area contributed by atoms with Crippen LogP contribution in [-0.4, -0.2) is 122 Å². The molecule has 10 N–H and O–H groups in total. The van der Waals surface area contributed by atoms with Gasteiger partial charge < -0.3 is 55.6 Å². The number of hydrogen-bond acceptors (Lipinski definition) is 17. The zero-order valence-corrected chi connectivity index (χ0v) is 20.7. The molecule has 4 heterocycles. The van der Waals surface area contributed by atoms with Gasteiger partial charge in [-0.05, 0) is 0 Å². The SMILES string of the molecule is Nc1ncnc2c1ncn2[C@@H]1O[C@H](COP(=O)(O)OP(=O)(O)OC[C@H]2OC(O)[C@H](O)[C@@H](O)[C@@H]2O)[C@@H](O)[C@H]1O. The largest absolute Gasteiger partial charge is 0.481 e. The van der Waals surface area contributed by atoms with E-state index >= 15 is 0 Å². The van der Waals surface area contributed by atoms with Crippen LogP contribution in [0.25, 0.3) is 11.2 Å². The number of hydrogen-bond donors (Lipinski definition) is 9. The quantitative estimate of drug-likeness (QED) is 0.126. The number of nitrogens with two attached hydrogens (primary N) is 1. The standard InChI is InChI=1S/C16H25N5O15P2/c17-13-7-14(19-3-18-13)21(4-20-7)15-11(25)9(23)5(34-15)1-32-37(28,29)36-38(30,31)33-2-6-8(22)10(24)12(26)16(27)35-6/h3-6,8-12,15-16,22-27H,1-2H2,(H,28,29)(H,30,31)(H2,17,18,19)/t5-,6-,8-,9-,10+,11-,12-,15-,16?/m1/s1. The molecule has 2 aromatic heterocycles. The van der Waals surface area contributed by atoms with Gasteiger partial charge in [0.05, 0.1) is 19.5 Å². The maximum atomic E-state index is 12.2. The molecule has 2 aliphatic heterocycles. The van der Waals surface area contributed by atoms with E-state index in [-0.39, 0.29) is 17.0 Å². The lowest BCUT2D eigenvalue weighted by Crippen LogP contribution is -2.58. The van der Waals surface area contributed by atoms with Gasteiger partial charge in [0.15, 0.2) is 24.0 Å². The fraction of sp³-hybridized carbons (Fsp3) is 0.688. The molecule has 2 aromatic rings. The van der Waals surface area contributed by atoms with E-state index in [0.29, 0.717) is 0 Å². The fourth-order valence-corrected chi connectivity index (χ4v) is 5.83. The van der Waals surface area contributed by atoms with E-state index in [1.54, 1.807) is 0 Å². The van der Waals surface area contributed by atoms with Crippen LogP contribution in [-0.2, 0) is 32.0 Å². The Hall–Kier alpha value is -1.71. The molecule has 2 aliphatic rings. The Kier molecular flexibility index (Phi) is 8.51. The average molecular weight is 589 g/mol. The molecule has 2 fully saturated rings. The Labute approximate surface area is 212 Å². The highest BCUT2D eigenvalue weighted by molar-refractivity contribution is 7.61. The van der Waals surface area contributed by atoms with Crippen LogP contribution in [0.2, 0.25) is 0 Å². The van der Waals surface area contributed by atoms with E-state index in [9.17, 15) is 49.6 Å². The van der Waals surface area contributed by atoms with Crippen molar-refractivity contribution in [2.24, 2.45) is 0 Å². The molecule has 214 valence electrons. The van der Waals surface area contributed by atoms with Crippen molar-refractivity contribution in [1.29, 1.82) is 0 Å².